The quantitative estimate of drug-likeness (QED) is 0.728. The molecule has 3 rings (SSSR count). The summed E-state index contributed by atoms with van der Waals surface area (Å²) in [5.74, 6) is 0.797. The zero-order valence-electron chi connectivity index (χ0n) is 13.2. The Balaban J connectivity index is 1.57. The minimum absolute atomic E-state index is 0.0726. The van der Waals surface area contributed by atoms with Crippen LogP contribution in [0.25, 0.3) is 11.0 Å². The first-order valence-electron chi connectivity index (χ1n) is 7.58. The van der Waals surface area contributed by atoms with Crippen molar-refractivity contribution in [3.63, 3.8) is 0 Å². The van der Waals surface area contributed by atoms with Gasteiger partial charge in [-0.15, -0.1) is 0 Å². The van der Waals surface area contributed by atoms with Crippen molar-refractivity contribution in [2.45, 2.75) is 12.5 Å². The molecule has 0 radical (unpaired) electrons. The molecule has 0 aliphatic rings. The summed E-state index contributed by atoms with van der Waals surface area (Å²) in [6.45, 7) is 0.525. The molecule has 0 fully saturated rings. The first-order chi connectivity index (χ1) is 11.2. The molecule has 0 saturated heterocycles. The molecule has 120 valence electrons. The number of carbonyl (C=O) groups is 1. The predicted octanol–water partition coefficient (Wildman–Crippen LogP) is 1.79. The predicted molar refractivity (Wildman–Crippen MR) is 87.9 cm³/mol. The van der Waals surface area contributed by atoms with E-state index in [0.29, 0.717) is 13.0 Å². The highest BCUT2D eigenvalue weighted by Gasteiger charge is 2.19. The molecule has 6 nitrogen and oxygen atoms in total. The van der Waals surface area contributed by atoms with Crippen LogP contribution in [0.2, 0.25) is 0 Å². The fraction of sp³-hybridized carbons (Fsp3) is 0.294. The van der Waals surface area contributed by atoms with Gasteiger partial charge in [0.05, 0.1) is 6.20 Å². The van der Waals surface area contributed by atoms with Gasteiger partial charge < -0.3 is 15.1 Å². The maximum Gasteiger partial charge on any atom is 0.241 e. The Hall–Kier alpha value is -2.60. The third-order valence-electron chi connectivity index (χ3n) is 3.76. The Morgan fingerprint density at radius 2 is 2.22 bits per heavy atom. The third-order valence-corrected chi connectivity index (χ3v) is 3.76. The third kappa shape index (κ3) is 3.43. The number of aromatic nitrogens is 2. The summed E-state index contributed by atoms with van der Waals surface area (Å²) in [7, 11) is 3.59. The van der Waals surface area contributed by atoms with E-state index in [4.69, 9.17) is 4.42 Å². The van der Waals surface area contributed by atoms with Crippen LogP contribution in [0.3, 0.4) is 0 Å². The Bertz CT molecular complexity index is 773. The molecule has 1 atom stereocenters. The number of nitrogens with zero attached hydrogens (tertiary/aromatic N) is 2. The van der Waals surface area contributed by atoms with Crippen LogP contribution in [0.15, 0.2) is 47.1 Å². The van der Waals surface area contributed by atoms with Gasteiger partial charge in [-0.05, 0) is 19.2 Å². The monoisotopic (exact) mass is 312 g/mol. The van der Waals surface area contributed by atoms with Crippen LogP contribution < -0.4 is 10.6 Å². The molecule has 0 aliphatic carbocycles. The molecule has 2 aromatic heterocycles. The number of carbonyl (C=O) groups excluding carboxylic acids is 1. The number of benzene rings is 1. The average Bonchev–Trinajstić information content (AvgIpc) is 3.14. The van der Waals surface area contributed by atoms with Crippen molar-refractivity contribution >= 4 is 16.9 Å². The van der Waals surface area contributed by atoms with E-state index in [1.54, 1.807) is 17.9 Å². The molecule has 1 aromatic carbocycles. The molecule has 23 heavy (non-hydrogen) atoms. The van der Waals surface area contributed by atoms with Gasteiger partial charge in [0.2, 0.25) is 5.91 Å². The molecular formula is C17H20N4O2. The fourth-order valence-electron chi connectivity index (χ4n) is 2.61. The molecule has 2 heterocycles. The van der Waals surface area contributed by atoms with Crippen molar-refractivity contribution < 1.29 is 9.21 Å². The summed E-state index contributed by atoms with van der Waals surface area (Å²) >= 11 is 0. The second-order valence-electron chi connectivity index (χ2n) is 5.46. The minimum Gasteiger partial charge on any atom is -0.461 e. The van der Waals surface area contributed by atoms with E-state index in [-0.39, 0.29) is 5.91 Å². The van der Waals surface area contributed by atoms with Crippen molar-refractivity contribution in [3.8, 4) is 0 Å². The maximum atomic E-state index is 12.3. The zero-order chi connectivity index (χ0) is 16.2. The van der Waals surface area contributed by atoms with Gasteiger partial charge in [0.25, 0.3) is 0 Å². The number of hydrogen-bond donors (Lipinski definition) is 2. The van der Waals surface area contributed by atoms with E-state index < -0.39 is 6.04 Å². The number of fused-ring (bicyclic) bond motifs is 1. The van der Waals surface area contributed by atoms with Crippen LogP contribution in [-0.2, 0) is 18.3 Å². The Labute approximate surface area is 134 Å². The zero-order valence-corrected chi connectivity index (χ0v) is 13.2. The van der Waals surface area contributed by atoms with Gasteiger partial charge in [0.1, 0.15) is 17.4 Å². The lowest BCUT2D eigenvalue weighted by Crippen LogP contribution is -2.36. The molecule has 0 aliphatic heterocycles. The van der Waals surface area contributed by atoms with E-state index in [1.807, 2.05) is 43.6 Å². The summed E-state index contributed by atoms with van der Waals surface area (Å²) in [6.07, 6.45) is 4.18. The Morgan fingerprint density at radius 1 is 1.39 bits per heavy atom. The van der Waals surface area contributed by atoms with Crippen LogP contribution in [-0.4, -0.2) is 29.3 Å². The van der Waals surface area contributed by atoms with Crippen LogP contribution >= 0.6 is 0 Å². The smallest absolute Gasteiger partial charge is 0.241 e. The topological polar surface area (TPSA) is 72.1 Å². The van der Waals surface area contributed by atoms with Gasteiger partial charge in [-0.3, -0.25) is 9.48 Å². The van der Waals surface area contributed by atoms with Crippen molar-refractivity contribution in [2.75, 3.05) is 13.6 Å². The van der Waals surface area contributed by atoms with E-state index in [2.05, 4.69) is 15.7 Å². The van der Waals surface area contributed by atoms with Crippen LogP contribution in [0.5, 0.6) is 0 Å². The van der Waals surface area contributed by atoms with Crippen molar-refractivity contribution in [1.29, 1.82) is 0 Å². The van der Waals surface area contributed by atoms with Crippen molar-refractivity contribution in [3.05, 3.63) is 54.0 Å². The highest BCUT2D eigenvalue weighted by atomic mass is 16.3. The lowest BCUT2D eigenvalue weighted by atomic mass is 10.1. The second-order valence-corrected chi connectivity index (χ2v) is 5.46. The summed E-state index contributed by atoms with van der Waals surface area (Å²) < 4.78 is 7.43. The highest BCUT2D eigenvalue weighted by molar-refractivity contribution is 5.83. The van der Waals surface area contributed by atoms with E-state index in [9.17, 15) is 4.79 Å². The molecule has 0 saturated carbocycles. The highest BCUT2D eigenvalue weighted by Crippen LogP contribution is 2.19. The Kier molecular flexibility index (Phi) is 4.43. The molecule has 1 unspecified atom stereocenters. The summed E-state index contributed by atoms with van der Waals surface area (Å²) in [5.41, 5.74) is 1.72. The second kappa shape index (κ2) is 6.66. The number of amides is 1. The number of nitrogens with one attached hydrogen (secondary N) is 2. The van der Waals surface area contributed by atoms with Gasteiger partial charge in [0, 0.05) is 37.2 Å². The molecular weight excluding hydrogens is 292 g/mol. The lowest BCUT2D eigenvalue weighted by Gasteiger charge is -2.14. The van der Waals surface area contributed by atoms with Crippen LogP contribution in [0.4, 0.5) is 0 Å². The maximum absolute atomic E-state index is 12.3. The fourth-order valence-corrected chi connectivity index (χ4v) is 2.61. The van der Waals surface area contributed by atoms with Gasteiger partial charge in [-0.1, -0.05) is 18.2 Å². The number of hydrogen-bond acceptors (Lipinski definition) is 4. The number of para-hydroxylation sites is 1. The van der Waals surface area contributed by atoms with E-state index in [0.717, 1.165) is 22.3 Å². The first kappa shape index (κ1) is 15.3. The lowest BCUT2D eigenvalue weighted by molar-refractivity contribution is -0.123. The number of likely N-dealkylation sites (N-methyl/N-ethyl adjacent to an activating group) is 1. The van der Waals surface area contributed by atoms with Gasteiger partial charge in [-0.25, -0.2) is 0 Å². The molecule has 3 aromatic rings. The number of aryl methyl sites for hydroxylation is 1. The van der Waals surface area contributed by atoms with E-state index >= 15 is 0 Å². The normalized spacial score (nSPS) is 12.4. The standard InChI is InChI=1S/C17H20N4O2/c1-18-16(13-10-20-21(2)11-13)17(22)19-8-7-14-9-12-5-3-4-6-15(12)23-14/h3-6,9-11,16,18H,7-8H2,1-2H3,(H,19,22). The molecule has 2 N–H and O–H groups in total. The molecule has 6 heteroatoms. The summed E-state index contributed by atoms with van der Waals surface area (Å²) in [5, 5.41) is 11.1. The number of rotatable bonds is 6. The largest absolute Gasteiger partial charge is 0.461 e. The van der Waals surface area contributed by atoms with Gasteiger partial charge >= 0.3 is 0 Å². The van der Waals surface area contributed by atoms with Gasteiger partial charge in [-0.2, -0.15) is 5.10 Å². The minimum atomic E-state index is -0.403. The molecule has 0 spiro atoms. The average molecular weight is 312 g/mol. The number of furan rings is 1. The van der Waals surface area contributed by atoms with E-state index in [1.165, 1.54) is 0 Å². The van der Waals surface area contributed by atoms with Crippen molar-refractivity contribution in [2.24, 2.45) is 7.05 Å². The van der Waals surface area contributed by atoms with Crippen LogP contribution in [0, 0.1) is 0 Å². The van der Waals surface area contributed by atoms with Crippen LogP contribution in [0.1, 0.15) is 17.4 Å². The Morgan fingerprint density at radius 3 is 2.91 bits per heavy atom. The first-order valence-corrected chi connectivity index (χ1v) is 7.58. The van der Waals surface area contributed by atoms with Gasteiger partial charge in [0.15, 0.2) is 0 Å². The SMILES string of the molecule is CNC(C(=O)NCCc1cc2ccccc2o1)c1cnn(C)c1. The molecule has 0 bridgehead atoms. The summed E-state index contributed by atoms with van der Waals surface area (Å²) in [4.78, 5) is 12.3. The molecule has 1 amide bonds. The van der Waals surface area contributed by atoms with Crippen molar-refractivity contribution in [1.82, 2.24) is 20.4 Å². The summed E-state index contributed by atoms with van der Waals surface area (Å²) in [6, 6.07) is 9.49.